The van der Waals surface area contributed by atoms with Crippen LogP contribution in [0.1, 0.15) is 13.8 Å². The predicted octanol–water partition coefficient (Wildman–Crippen LogP) is 4.89. The summed E-state index contributed by atoms with van der Waals surface area (Å²) >= 11 is 0. The lowest BCUT2D eigenvalue weighted by molar-refractivity contribution is 0.287. The Balaban J connectivity index is 1.46. The van der Waals surface area contributed by atoms with E-state index in [1.54, 1.807) is 12.1 Å². The van der Waals surface area contributed by atoms with Crippen molar-refractivity contribution in [1.29, 1.82) is 0 Å². The second-order valence-electron chi connectivity index (χ2n) is 8.54. The number of nitrogens with two attached hydrogens (primary N) is 1. The molecule has 0 radical (unpaired) electrons. The minimum absolute atomic E-state index is 0.0251. The molecule has 35 heavy (non-hydrogen) atoms. The fraction of sp³-hybridized carbons (Fsp3) is 0.280. The van der Waals surface area contributed by atoms with Crippen molar-refractivity contribution >= 4 is 34.2 Å². The predicted molar refractivity (Wildman–Crippen MR) is 132 cm³/mol. The molecule has 8 nitrogen and oxygen atoms in total. The molecule has 0 atom stereocenters. The monoisotopic (exact) mass is 480 g/mol. The van der Waals surface area contributed by atoms with Crippen molar-refractivity contribution in [2.75, 3.05) is 41.8 Å². The van der Waals surface area contributed by atoms with Gasteiger partial charge < -0.3 is 25.1 Å². The van der Waals surface area contributed by atoms with E-state index in [9.17, 15) is 8.78 Å². The zero-order valence-corrected chi connectivity index (χ0v) is 19.4. The Morgan fingerprint density at radius 2 is 2.00 bits per heavy atom. The molecule has 0 bridgehead atoms. The van der Waals surface area contributed by atoms with Crippen molar-refractivity contribution in [3.05, 3.63) is 54.2 Å². The summed E-state index contributed by atoms with van der Waals surface area (Å²) < 4.78 is 41.1. The maximum Gasteiger partial charge on any atom is 0.230 e. The van der Waals surface area contributed by atoms with E-state index in [4.69, 9.17) is 14.9 Å². The van der Waals surface area contributed by atoms with Crippen molar-refractivity contribution < 1.29 is 17.9 Å². The summed E-state index contributed by atoms with van der Waals surface area (Å²) in [6, 6.07) is 10.6. The summed E-state index contributed by atoms with van der Waals surface area (Å²) in [5, 5.41) is 7.04. The fourth-order valence-corrected chi connectivity index (χ4v) is 4.13. The Morgan fingerprint density at radius 1 is 1.14 bits per heavy atom. The summed E-state index contributed by atoms with van der Waals surface area (Å²) in [6.45, 7) is 6.19. The molecule has 2 aromatic carbocycles. The highest BCUT2D eigenvalue weighted by Crippen LogP contribution is 2.39. The Labute approximate surface area is 201 Å². The van der Waals surface area contributed by atoms with Crippen molar-refractivity contribution in [3.8, 4) is 17.0 Å². The third kappa shape index (κ3) is 4.57. The largest absolute Gasteiger partial charge is 0.486 e. The summed E-state index contributed by atoms with van der Waals surface area (Å²) in [5.74, 6) is -0.541. The molecule has 0 fully saturated rings. The number of rotatable bonds is 7. The normalized spacial score (nSPS) is 13.1. The van der Waals surface area contributed by atoms with Crippen molar-refractivity contribution in [2.24, 2.45) is 5.73 Å². The van der Waals surface area contributed by atoms with Gasteiger partial charge in [0.15, 0.2) is 17.4 Å². The number of aromatic nitrogens is 2. The molecule has 1 aliphatic heterocycles. The molecular weight excluding hydrogens is 454 g/mol. The molecule has 3 heterocycles. The van der Waals surface area contributed by atoms with Gasteiger partial charge in [0.25, 0.3) is 0 Å². The average Bonchev–Trinajstić information content (AvgIpc) is 3.25. The van der Waals surface area contributed by atoms with E-state index >= 15 is 0 Å². The zero-order chi connectivity index (χ0) is 24.5. The van der Waals surface area contributed by atoms with E-state index in [0.29, 0.717) is 49.0 Å². The SMILES string of the molecule is CC(C)N1CCOc2c(F)cc(-c3nc(Nc4cc5ccc(NCCN)cc5o4)ncc3F)cc21. The van der Waals surface area contributed by atoms with Crippen LogP contribution in [0, 0.1) is 11.6 Å². The van der Waals surface area contributed by atoms with Crippen LogP contribution in [-0.4, -0.2) is 42.3 Å². The molecule has 10 heteroatoms. The lowest BCUT2D eigenvalue weighted by Crippen LogP contribution is -2.38. The molecule has 0 unspecified atom stereocenters. The highest BCUT2D eigenvalue weighted by atomic mass is 19.1. The van der Waals surface area contributed by atoms with Gasteiger partial charge in [-0.25, -0.2) is 18.7 Å². The van der Waals surface area contributed by atoms with Crippen LogP contribution in [0.5, 0.6) is 5.75 Å². The smallest absolute Gasteiger partial charge is 0.230 e. The Kier molecular flexibility index (Phi) is 6.12. The van der Waals surface area contributed by atoms with Crippen LogP contribution in [0.3, 0.4) is 0 Å². The first kappa shape index (κ1) is 22.9. The van der Waals surface area contributed by atoms with Crippen LogP contribution >= 0.6 is 0 Å². The van der Waals surface area contributed by atoms with Gasteiger partial charge in [0, 0.05) is 47.9 Å². The maximum atomic E-state index is 14.9. The highest BCUT2D eigenvalue weighted by molar-refractivity contribution is 5.84. The molecule has 2 aromatic heterocycles. The first-order valence-corrected chi connectivity index (χ1v) is 11.4. The Morgan fingerprint density at radius 3 is 2.80 bits per heavy atom. The molecule has 0 saturated heterocycles. The number of hydrogen-bond acceptors (Lipinski definition) is 8. The summed E-state index contributed by atoms with van der Waals surface area (Å²) in [5.41, 5.74) is 7.92. The van der Waals surface area contributed by atoms with E-state index in [2.05, 4.69) is 20.6 Å². The van der Waals surface area contributed by atoms with Gasteiger partial charge in [0.1, 0.15) is 17.9 Å². The van der Waals surface area contributed by atoms with Gasteiger partial charge in [0.05, 0.1) is 18.4 Å². The molecule has 0 spiro atoms. The van der Waals surface area contributed by atoms with Crippen LogP contribution in [0.15, 0.2) is 47.0 Å². The topological polar surface area (TPSA) is 101 Å². The summed E-state index contributed by atoms with van der Waals surface area (Å²) in [7, 11) is 0. The lowest BCUT2D eigenvalue weighted by atomic mass is 10.1. The van der Waals surface area contributed by atoms with Gasteiger partial charge in [-0.15, -0.1) is 0 Å². The van der Waals surface area contributed by atoms with Crippen LogP contribution in [0.2, 0.25) is 0 Å². The van der Waals surface area contributed by atoms with Gasteiger partial charge in [0.2, 0.25) is 11.8 Å². The van der Waals surface area contributed by atoms with E-state index < -0.39 is 11.6 Å². The van der Waals surface area contributed by atoms with Crippen molar-refractivity contribution in [3.63, 3.8) is 0 Å². The number of benzene rings is 2. The van der Waals surface area contributed by atoms with Crippen LogP contribution in [0.4, 0.5) is 32.0 Å². The number of halogens is 2. The van der Waals surface area contributed by atoms with E-state index in [1.807, 2.05) is 36.9 Å². The molecule has 4 N–H and O–H groups in total. The maximum absolute atomic E-state index is 14.9. The first-order chi connectivity index (χ1) is 16.9. The highest BCUT2D eigenvalue weighted by Gasteiger charge is 2.25. The van der Waals surface area contributed by atoms with E-state index in [1.165, 1.54) is 6.07 Å². The number of nitrogens with zero attached hydrogens (tertiary/aromatic N) is 3. The van der Waals surface area contributed by atoms with Gasteiger partial charge in [-0.1, -0.05) is 0 Å². The molecule has 4 aromatic rings. The number of furan rings is 1. The van der Waals surface area contributed by atoms with Gasteiger partial charge in [-0.2, -0.15) is 0 Å². The fourth-order valence-electron chi connectivity index (χ4n) is 4.13. The molecule has 0 saturated carbocycles. The minimum atomic E-state index is -0.664. The third-order valence-corrected chi connectivity index (χ3v) is 5.78. The van der Waals surface area contributed by atoms with Gasteiger partial charge >= 0.3 is 0 Å². The van der Waals surface area contributed by atoms with Crippen LogP contribution in [-0.2, 0) is 0 Å². The number of fused-ring (bicyclic) bond motifs is 2. The van der Waals surface area contributed by atoms with E-state index in [-0.39, 0.29) is 23.4 Å². The third-order valence-electron chi connectivity index (χ3n) is 5.78. The van der Waals surface area contributed by atoms with Gasteiger partial charge in [-0.05, 0) is 38.1 Å². The standard InChI is InChI=1S/C25H26F2N6O2/c1-14(2)33-7-8-34-24-18(26)9-16(10-20(24)33)23-19(27)13-30-25(32-23)31-22-11-15-3-4-17(29-6-5-28)12-21(15)35-22/h3-4,9-14,29H,5-8,28H2,1-2H3,(H,30,31,32). The Hall–Kier alpha value is -3.92. The van der Waals surface area contributed by atoms with Gasteiger partial charge in [-0.3, -0.25) is 5.32 Å². The molecule has 1 aliphatic rings. The molecule has 5 rings (SSSR count). The minimum Gasteiger partial charge on any atom is -0.486 e. The first-order valence-electron chi connectivity index (χ1n) is 11.4. The lowest BCUT2D eigenvalue weighted by Gasteiger charge is -2.34. The number of nitrogens with one attached hydrogen (secondary N) is 2. The van der Waals surface area contributed by atoms with E-state index in [0.717, 1.165) is 17.3 Å². The molecule has 182 valence electrons. The second kappa shape index (κ2) is 9.38. The van der Waals surface area contributed by atoms with Crippen molar-refractivity contribution in [1.82, 2.24) is 9.97 Å². The number of ether oxygens (including phenoxy) is 1. The number of anilines is 4. The molecule has 0 amide bonds. The Bertz CT molecular complexity index is 1370. The number of hydrogen-bond donors (Lipinski definition) is 3. The second-order valence-corrected chi connectivity index (χ2v) is 8.54. The molecular formula is C25H26F2N6O2. The zero-order valence-electron chi connectivity index (χ0n) is 19.4. The average molecular weight is 481 g/mol. The molecule has 0 aliphatic carbocycles. The summed E-state index contributed by atoms with van der Waals surface area (Å²) in [6.07, 6.45) is 1.05. The summed E-state index contributed by atoms with van der Waals surface area (Å²) in [4.78, 5) is 10.4. The van der Waals surface area contributed by atoms with Crippen LogP contribution < -0.4 is 26.0 Å². The van der Waals surface area contributed by atoms with Crippen molar-refractivity contribution in [2.45, 2.75) is 19.9 Å². The quantitative estimate of drug-likeness (QED) is 0.344. The van der Waals surface area contributed by atoms with Crippen LogP contribution in [0.25, 0.3) is 22.2 Å².